The lowest BCUT2D eigenvalue weighted by Gasteiger charge is -2.34. The Balaban J connectivity index is 0.000000276. The number of benzene rings is 2. The molecule has 86 heavy (non-hydrogen) atoms. The number of sulfonamides is 2. The van der Waals surface area contributed by atoms with Gasteiger partial charge in [0.15, 0.2) is 11.6 Å². The number of nitrogens with one attached hydrogen (secondary N) is 1. The van der Waals surface area contributed by atoms with Crippen molar-refractivity contribution >= 4 is 44.0 Å². The summed E-state index contributed by atoms with van der Waals surface area (Å²) in [4.78, 5) is 35.0. The number of piperidine rings is 2. The van der Waals surface area contributed by atoms with Gasteiger partial charge in [0.25, 0.3) is 0 Å². The second-order valence-electron chi connectivity index (χ2n) is 21.3. The van der Waals surface area contributed by atoms with Crippen LogP contribution in [0.15, 0.2) is 82.8 Å². The van der Waals surface area contributed by atoms with Crippen LogP contribution in [0, 0.1) is 23.3 Å². The van der Waals surface area contributed by atoms with Gasteiger partial charge in [-0.05, 0) is 150 Å². The van der Waals surface area contributed by atoms with E-state index in [1.807, 2.05) is 0 Å². The smallest absolute Gasteiger partial charge is 0.317 e. The third-order valence-corrected chi connectivity index (χ3v) is 19.6. The lowest BCUT2D eigenvalue weighted by atomic mass is 9.91. The molecule has 12 nitrogen and oxygen atoms in total. The zero-order valence-electron chi connectivity index (χ0n) is 46.3. The Morgan fingerprint density at radius 1 is 0.581 bits per heavy atom. The van der Waals surface area contributed by atoms with Crippen LogP contribution in [0.2, 0.25) is 0 Å². The number of likely N-dealkylation sites (tertiary alicyclic amines) is 1. The highest BCUT2D eigenvalue weighted by atomic mass is 35.5. The SMILES string of the molecule is CCC(F)(F)C(F)(F)F.C[C@H]1[C@H](F)C[C@@H](C(=O)CCc2cc(C3CCN(CC(F)(F)C(F)(F)F)CC3)ncc2F)N1S(=O)(=O)c1ccc(F)cc1.C[C@H]1[C@H](F)C[C@@H](C(=O)CCc2cc(C3CCNCC3)ncc2F)N1S(=O)(=O)c1ccc(F)cc1.Cl. The van der Waals surface area contributed by atoms with Crippen molar-refractivity contribution in [3.63, 3.8) is 0 Å². The fraction of sp³-hybridized carbons (Fsp3) is 0.564. The maximum absolute atomic E-state index is 14.7. The first-order valence-electron chi connectivity index (χ1n) is 27.0. The summed E-state index contributed by atoms with van der Waals surface area (Å²) in [6.07, 6.45) is -12.3. The lowest BCUT2D eigenvalue weighted by molar-refractivity contribution is -0.287. The number of aromatic nitrogens is 2. The van der Waals surface area contributed by atoms with Crippen LogP contribution in [0.1, 0.15) is 113 Å². The van der Waals surface area contributed by atoms with E-state index < -0.39 is 135 Å². The van der Waals surface area contributed by atoms with Gasteiger partial charge in [0.2, 0.25) is 20.0 Å². The fourth-order valence-electron chi connectivity index (χ4n) is 10.4. The van der Waals surface area contributed by atoms with E-state index in [1.165, 1.54) is 19.9 Å². The second kappa shape index (κ2) is 29.1. The standard InChI is InChI=1S/C27H29F8N3O3S.C24H28F3N3O3S.C4H5F5.ClH/c1-16-21(29)13-24(38(16)42(40,41)20-5-3-19(28)4-6-20)25(39)7-2-18-12-23(36-14-22(18)30)17-8-10-37(11-9-17)15-26(31,32)27(33,34)35;1-15-20(26)13-23(30(15)34(32,33)19-5-3-18(25)4-6-19)24(31)7-2-17-12-22(29-14-21(17)27)16-8-10-28-11-9-16;1-2-3(5,6)4(7,8)9;/h3-6,12,14,16-17,21,24H,2,7-11,13,15H2,1H3;3-6,12,14-16,20,23,28H,2,7-11,13H2,1H3;2H2,1H3;1H/t16-,21+,24-;15-,20+,23-;;/m00../s1. The second-order valence-corrected chi connectivity index (χ2v) is 24.9. The van der Waals surface area contributed by atoms with E-state index in [-0.39, 0.29) is 97.6 Å². The number of Topliss-reactive ketones (excluding diaryl/α,β-unsaturated/α-hetero) is 2. The predicted octanol–water partition coefficient (Wildman–Crippen LogP) is 12.0. The van der Waals surface area contributed by atoms with Crippen molar-refractivity contribution in [3.8, 4) is 0 Å². The average molecular weight is 1310 g/mol. The van der Waals surface area contributed by atoms with Crippen LogP contribution < -0.4 is 5.32 Å². The number of aryl methyl sites for hydroxylation is 2. The predicted molar refractivity (Wildman–Crippen MR) is 284 cm³/mol. The number of hydrogen-bond donors (Lipinski definition) is 1. The normalized spacial score (nSPS) is 22.5. The van der Waals surface area contributed by atoms with Gasteiger partial charge in [0.1, 0.15) is 35.6 Å². The molecule has 0 bridgehead atoms. The molecular weight excluding hydrogens is 1240 g/mol. The maximum atomic E-state index is 14.7. The highest BCUT2D eigenvalue weighted by molar-refractivity contribution is 7.89. The topological polar surface area (TPSA) is 150 Å². The zero-order chi connectivity index (χ0) is 63.2. The first kappa shape index (κ1) is 71.7. The monoisotopic (exact) mass is 1310 g/mol. The molecule has 31 heteroatoms. The number of ketones is 2. The molecule has 4 fully saturated rings. The molecule has 0 aliphatic carbocycles. The lowest BCUT2D eigenvalue weighted by Crippen LogP contribution is -2.48. The highest BCUT2D eigenvalue weighted by Gasteiger charge is 2.58. The van der Waals surface area contributed by atoms with Crippen molar-refractivity contribution in [2.24, 2.45) is 0 Å². The summed E-state index contributed by atoms with van der Waals surface area (Å²) in [7, 11) is -8.59. The van der Waals surface area contributed by atoms with Gasteiger partial charge in [0.05, 0.1) is 52.9 Å². The number of halogens is 17. The summed E-state index contributed by atoms with van der Waals surface area (Å²) in [5.74, 6) is -13.1. The first-order chi connectivity index (χ1) is 39.5. The number of alkyl halides is 12. The maximum Gasteiger partial charge on any atom is 0.454 e. The van der Waals surface area contributed by atoms with Gasteiger partial charge in [-0.3, -0.25) is 24.5 Å². The Labute approximate surface area is 493 Å². The van der Waals surface area contributed by atoms with Crippen LogP contribution in [0.4, 0.5) is 70.2 Å². The molecule has 6 atom stereocenters. The van der Waals surface area contributed by atoms with Crippen molar-refractivity contribution in [1.29, 1.82) is 0 Å². The number of pyridine rings is 2. The number of nitrogens with zero attached hydrogens (tertiary/aromatic N) is 5. The minimum absolute atomic E-state index is 0. The minimum Gasteiger partial charge on any atom is -0.317 e. The van der Waals surface area contributed by atoms with Crippen molar-refractivity contribution in [2.75, 3.05) is 32.7 Å². The van der Waals surface area contributed by atoms with Gasteiger partial charge < -0.3 is 5.32 Å². The van der Waals surface area contributed by atoms with Crippen LogP contribution in [0.25, 0.3) is 0 Å². The number of carbonyl (C=O) groups is 2. The number of hydrogen-bond acceptors (Lipinski definition) is 10. The molecule has 0 unspecified atom stereocenters. The summed E-state index contributed by atoms with van der Waals surface area (Å²) in [6.45, 7) is 3.68. The van der Waals surface area contributed by atoms with Crippen molar-refractivity contribution < 1.29 is 96.7 Å². The molecule has 1 N–H and O–H groups in total. The van der Waals surface area contributed by atoms with Crippen LogP contribution in [-0.4, -0.2) is 145 Å². The molecule has 4 saturated heterocycles. The molecule has 0 saturated carbocycles. The first-order valence-corrected chi connectivity index (χ1v) is 29.9. The minimum atomic E-state index is -5.65. The van der Waals surface area contributed by atoms with E-state index in [9.17, 15) is 96.7 Å². The summed E-state index contributed by atoms with van der Waals surface area (Å²) in [6, 6.07) is 6.42. The third kappa shape index (κ3) is 17.2. The molecule has 2 aromatic heterocycles. The van der Waals surface area contributed by atoms with E-state index in [4.69, 9.17) is 0 Å². The van der Waals surface area contributed by atoms with E-state index >= 15 is 0 Å². The molecular formula is C55H63ClF16N6O6S2. The Morgan fingerprint density at radius 2 is 0.942 bits per heavy atom. The van der Waals surface area contributed by atoms with Crippen LogP contribution >= 0.6 is 12.4 Å². The summed E-state index contributed by atoms with van der Waals surface area (Å²) in [5.41, 5.74) is 1.59. The molecule has 6 heterocycles. The fourth-order valence-corrected chi connectivity index (χ4v) is 14.1. The van der Waals surface area contributed by atoms with Gasteiger partial charge in [-0.1, -0.05) is 6.92 Å². The largest absolute Gasteiger partial charge is 0.454 e. The molecule has 4 aliphatic rings. The zero-order valence-corrected chi connectivity index (χ0v) is 48.8. The van der Waals surface area contributed by atoms with Gasteiger partial charge in [0, 0.05) is 55.3 Å². The average Bonchev–Trinajstić information content (AvgIpc) is 1.71. The van der Waals surface area contributed by atoms with E-state index in [0.29, 0.717) is 11.3 Å². The molecule has 0 radical (unpaired) electrons. The van der Waals surface area contributed by atoms with Crippen molar-refractivity contribution in [3.05, 3.63) is 119 Å². The van der Waals surface area contributed by atoms with Crippen LogP contribution in [0.3, 0.4) is 0 Å². The molecule has 480 valence electrons. The Kier molecular flexibility index (Phi) is 24.3. The third-order valence-electron chi connectivity index (χ3n) is 15.5. The van der Waals surface area contributed by atoms with Crippen LogP contribution in [0.5, 0.6) is 0 Å². The van der Waals surface area contributed by atoms with Crippen molar-refractivity contribution in [2.45, 2.75) is 174 Å². The molecule has 2 aromatic carbocycles. The van der Waals surface area contributed by atoms with Crippen molar-refractivity contribution in [1.82, 2.24) is 28.8 Å². The molecule has 4 aliphatic heterocycles. The molecule has 0 amide bonds. The van der Waals surface area contributed by atoms with Gasteiger partial charge in [-0.2, -0.15) is 52.5 Å². The molecule has 8 rings (SSSR count). The van der Waals surface area contributed by atoms with Gasteiger partial charge in [-0.15, -0.1) is 12.4 Å². The Morgan fingerprint density at radius 3 is 1.28 bits per heavy atom. The molecule has 4 aromatic rings. The molecule has 0 spiro atoms. The summed E-state index contributed by atoms with van der Waals surface area (Å²) >= 11 is 0. The quantitative estimate of drug-likeness (QED) is 0.101. The van der Waals surface area contributed by atoms with Gasteiger partial charge >= 0.3 is 24.2 Å². The van der Waals surface area contributed by atoms with E-state index in [1.54, 1.807) is 6.07 Å². The van der Waals surface area contributed by atoms with E-state index in [0.717, 1.165) is 113 Å². The highest BCUT2D eigenvalue weighted by Crippen LogP contribution is 2.40. The van der Waals surface area contributed by atoms with E-state index in [2.05, 4.69) is 15.3 Å². The number of carbonyl (C=O) groups excluding carboxylic acids is 2. The number of rotatable bonds is 17. The summed E-state index contributed by atoms with van der Waals surface area (Å²) < 4.78 is 260. The van der Waals surface area contributed by atoms with Crippen LogP contribution in [-0.2, 0) is 42.5 Å². The summed E-state index contributed by atoms with van der Waals surface area (Å²) in [5, 5.41) is 3.27. The Bertz CT molecular complexity index is 3160. The Hall–Kier alpha value is -5.01. The van der Waals surface area contributed by atoms with Gasteiger partial charge in [-0.25, -0.2) is 43.2 Å².